The minimum atomic E-state index is -4.18. The molecule has 0 saturated carbocycles. The highest BCUT2D eigenvalue weighted by Crippen LogP contribution is 2.25. The highest BCUT2D eigenvalue weighted by molar-refractivity contribution is 7.92. The number of hydrogen-bond acceptors (Lipinski definition) is 8. The minimum absolute atomic E-state index is 0.104. The highest BCUT2D eigenvalue weighted by Gasteiger charge is 2.21. The normalized spacial score (nSPS) is 13.9. The van der Waals surface area contributed by atoms with Crippen LogP contribution in [-0.4, -0.2) is 55.1 Å². The summed E-state index contributed by atoms with van der Waals surface area (Å²) in [6.07, 6.45) is 2.41. The van der Waals surface area contributed by atoms with Crippen molar-refractivity contribution in [1.29, 1.82) is 0 Å². The van der Waals surface area contributed by atoms with Gasteiger partial charge in [0.05, 0.1) is 20.9 Å². The Morgan fingerprint density at radius 2 is 1.80 bits per heavy atom. The predicted octanol–water partition coefficient (Wildman–Crippen LogP) is 3.55. The van der Waals surface area contributed by atoms with Crippen LogP contribution in [-0.2, 0) is 10.0 Å². The number of sulfonamides is 1. The molecule has 3 heterocycles. The van der Waals surface area contributed by atoms with Crippen LogP contribution in [0.3, 0.4) is 0 Å². The van der Waals surface area contributed by atoms with E-state index in [2.05, 4.69) is 20.5 Å². The summed E-state index contributed by atoms with van der Waals surface area (Å²) in [5.41, 5.74) is -0.962. The van der Waals surface area contributed by atoms with Crippen LogP contribution in [0.5, 0.6) is 0 Å². The van der Waals surface area contributed by atoms with E-state index in [0.29, 0.717) is 16.6 Å². The summed E-state index contributed by atoms with van der Waals surface area (Å²) in [6.45, 7) is 3.77. The van der Waals surface area contributed by atoms with Gasteiger partial charge in [-0.25, -0.2) is 31.7 Å². The molecule has 210 valence electrons. The smallest absolute Gasteiger partial charge is 0.333 e. The molecule has 11 nitrogen and oxygen atoms in total. The second-order valence-corrected chi connectivity index (χ2v) is 12.7. The van der Waals surface area contributed by atoms with Gasteiger partial charge in [0, 0.05) is 24.5 Å². The van der Waals surface area contributed by atoms with Gasteiger partial charge in [0.25, 0.3) is 15.6 Å². The number of anilines is 2. The lowest BCUT2D eigenvalue weighted by atomic mass is 10.2. The molecule has 1 aliphatic rings. The number of rotatable bonds is 8. The van der Waals surface area contributed by atoms with Crippen LogP contribution >= 0.6 is 22.9 Å². The van der Waals surface area contributed by atoms with Crippen molar-refractivity contribution in [2.45, 2.75) is 17.1 Å². The fourth-order valence-electron chi connectivity index (χ4n) is 4.45. The molecule has 1 fully saturated rings. The second kappa shape index (κ2) is 11.4. The standard InChI is InChI=1S/C25H24ClFN6O5S2/c26-21-7-8-22(39-21)40(37,38)31-24(35)29-16-4-6-20(18(27)13-16)33-23(34)17-5-3-15(14-19(17)30-25(33)36)28-9-12-32-10-1-2-11-32/h3-8,13-14,28H,1-2,9-12H2,(H,30,36)(H2,29,31,35). The van der Waals surface area contributed by atoms with E-state index in [-0.39, 0.29) is 25.3 Å². The average molecular weight is 607 g/mol. The van der Waals surface area contributed by atoms with E-state index < -0.39 is 33.1 Å². The third-order valence-electron chi connectivity index (χ3n) is 6.34. The van der Waals surface area contributed by atoms with Gasteiger partial charge in [-0.05, 0) is 74.5 Å². The zero-order chi connectivity index (χ0) is 28.4. The third kappa shape index (κ3) is 6.04. The predicted molar refractivity (Wildman–Crippen MR) is 153 cm³/mol. The molecular weight excluding hydrogens is 583 g/mol. The Morgan fingerprint density at radius 1 is 1.05 bits per heavy atom. The molecule has 1 aliphatic heterocycles. The monoisotopic (exact) mass is 606 g/mol. The number of urea groups is 1. The van der Waals surface area contributed by atoms with Crippen LogP contribution < -0.4 is 26.6 Å². The van der Waals surface area contributed by atoms with E-state index >= 15 is 4.39 Å². The average Bonchev–Trinajstić information content (AvgIpc) is 3.57. The summed E-state index contributed by atoms with van der Waals surface area (Å²) in [5.74, 6) is -0.988. The number of amides is 2. The number of halogens is 2. The van der Waals surface area contributed by atoms with E-state index in [1.54, 1.807) is 22.9 Å². The van der Waals surface area contributed by atoms with Crippen molar-refractivity contribution in [1.82, 2.24) is 19.2 Å². The van der Waals surface area contributed by atoms with E-state index in [0.717, 1.165) is 48.8 Å². The number of hydrogen-bond donors (Lipinski definition) is 4. The van der Waals surface area contributed by atoms with Gasteiger partial charge < -0.3 is 20.5 Å². The van der Waals surface area contributed by atoms with Gasteiger partial charge in [0.15, 0.2) is 0 Å². The Bertz CT molecular complexity index is 1810. The molecule has 0 radical (unpaired) electrons. The Morgan fingerprint density at radius 3 is 2.50 bits per heavy atom. The van der Waals surface area contributed by atoms with Gasteiger partial charge in [-0.3, -0.25) is 4.79 Å². The quantitative estimate of drug-likeness (QED) is 0.240. The fraction of sp³-hybridized carbons (Fsp3) is 0.240. The number of H-pyrrole nitrogens is 1. The molecule has 0 spiro atoms. The van der Waals surface area contributed by atoms with Gasteiger partial charge in [-0.1, -0.05) is 11.6 Å². The molecule has 0 atom stereocenters. The van der Waals surface area contributed by atoms with E-state index in [1.807, 2.05) is 0 Å². The zero-order valence-corrected chi connectivity index (χ0v) is 23.3. The number of nitrogens with one attached hydrogen (secondary N) is 4. The maximum Gasteiger partial charge on any atom is 0.333 e. The first-order chi connectivity index (χ1) is 19.1. The van der Waals surface area contributed by atoms with Crippen LogP contribution in [0.15, 0.2) is 62.3 Å². The zero-order valence-electron chi connectivity index (χ0n) is 20.9. The number of thiophene rings is 1. The molecule has 0 unspecified atom stereocenters. The molecule has 2 aromatic carbocycles. The van der Waals surface area contributed by atoms with Crippen molar-refractivity contribution in [2.24, 2.45) is 0 Å². The van der Waals surface area contributed by atoms with Gasteiger partial charge >= 0.3 is 11.7 Å². The van der Waals surface area contributed by atoms with Crippen LogP contribution in [0.4, 0.5) is 20.6 Å². The Labute approximate surface area is 236 Å². The van der Waals surface area contributed by atoms with Crippen LogP contribution in [0.2, 0.25) is 4.34 Å². The topological polar surface area (TPSA) is 145 Å². The summed E-state index contributed by atoms with van der Waals surface area (Å²) in [6, 6.07) is 9.64. The SMILES string of the molecule is O=C(Nc1ccc(-n2c(=O)[nH]c3cc(NCCN4CCCC4)ccc3c2=O)c(F)c1)NS(=O)(=O)c1ccc(Cl)s1. The molecule has 2 aromatic heterocycles. The van der Waals surface area contributed by atoms with Crippen molar-refractivity contribution in [3.63, 3.8) is 0 Å². The van der Waals surface area contributed by atoms with Crippen molar-refractivity contribution in [2.75, 3.05) is 36.8 Å². The number of nitrogens with zero attached hydrogens (tertiary/aromatic N) is 2. The Balaban J connectivity index is 1.32. The molecule has 1 saturated heterocycles. The van der Waals surface area contributed by atoms with Gasteiger partial charge in [0.2, 0.25) is 0 Å². The molecule has 2 amide bonds. The number of aromatic amines is 1. The number of carbonyl (C=O) groups excluding carboxylic acids is 1. The summed E-state index contributed by atoms with van der Waals surface area (Å²) >= 11 is 6.51. The van der Waals surface area contributed by atoms with E-state index in [1.165, 1.54) is 31.0 Å². The van der Waals surface area contributed by atoms with Gasteiger partial charge in [0.1, 0.15) is 10.0 Å². The first-order valence-corrected chi connectivity index (χ1v) is 14.9. The van der Waals surface area contributed by atoms with Crippen molar-refractivity contribution < 1.29 is 17.6 Å². The third-order valence-corrected chi connectivity index (χ3v) is 9.39. The molecule has 5 rings (SSSR count). The lowest BCUT2D eigenvalue weighted by molar-refractivity contribution is 0.256. The fourth-order valence-corrected chi connectivity index (χ4v) is 6.84. The van der Waals surface area contributed by atoms with Crippen LogP contribution in [0, 0.1) is 5.82 Å². The van der Waals surface area contributed by atoms with Crippen molar-refractivity contribution >= 4 is 61.3 Å². The maximum absolute atomic E-state index is 15.1. The molecule has 0 aliphatic carbocycles. The molecule has 4 aromatic rings. The maximum atomic E-state index is 15.1. The Hall–Kier alpha value is -3.72. The number of likely N-dealkylation sites (tertiary alicyclic amines) is 1. The van der Waals surface area contributed by atoms with E-state index in [4.69, 9.17) is 11.6 Å². The second-order valence-electron chi connectivity index (χ2n) is 9.09. The lowest BCUT2D eigenvalue weighted by Gasteiger charge is -2.15. The van der Waals surface area contributed by atoms with Crippen LogP contribution in [0.25, 0.3) is 16.6 Å². The van der Waals surface area contributed by atoms with Crippen LogP contribution in [0.1, 0.15) is 12.8 Å². The summed E-state index contributed by atoms with van der Waals surface area (Å²) < 4.78 is 42.1. The molecular formula is C25H24ClFN6O5S2. The van der Waals surface area contributed by atoms with Gasteiger partial charge in [-0.15, -0.1) is 11.3 Å². The summed E-state index contributed by atoms with van der Waals surface area (Å²) in [7, 11) is -4.18. The van der Waals surface area contributed by atoms with Crippen molar-refractivity contribution in [3.05, 3.63) is 79.5 Å². The lowest BCUT2D eigenvalue weighted by Crippen LogP contribution is -2.35. The van der Waals surface area contributed by atoms with Gasteiger partial charge in [-0.2, -0.15) is 0 Å². The highest BCUT2D eigenvalue weighted by atomic mass is 35.5. The molecule has 15 heteroatoms. The minimum Gasteiger partial charge on any atom is -0.384 e. The first kappa shape index (κ1) is 27.8. The molecule has 4 N–H and O–H groups in total. The number of fused-ring (bicyclic) bond motifs is 1. The number of benzene rings is 2. The Kier molecular flexibility index (Phi) is 7.94. The molecule has 0 bridgehead atoms. The first-order valence-electron chi connectivity index (χ1n) is 12.2. The summed E-state index contributed by atoms with van der Waals surface area (Å²) in [4.78, 5) is 43.2. The number of aromatic nitrogens is 2. The molecule has 40 heavy (non-hydrogen) atoms. The van der Waals surface area contributed by atoms with E-state index in [9.17, 15) is 22.8 Å². The van der Waals surface area contributed by atoms with Crippen molar-refractivity contribution in [3.8, 4) is 5.69 Å². The summed E-state index contributed by atoms with van der Waals surface area (Å²) in [5, 5.41) is 5.69. The number of carbonyl (C=O) groups is 1. The largest absolute Gasteiger partial charge is 0.384 e.